The molecule has 0 aliphatic carbocycles. The lowest BCUT2D eigenvalue weighted by Crippen LogP contribution is -2.48. The fraction of sp³-hybridized carbons (Fsp3) is 0.769. The summed E-state index contributed by atoms with van der Waals surface area (Å²) in [5.74, 6) is -0.388. The maximum absolute atomic E-state index is 11.4. The summed E-state index contributed by atoms with van der Waals surface area (Å²) in [5.41, 5.74) is -0.358. The van der Waals surface area contributed by atoms with Crippen molar-refractivity contribution in [3.63, 3.8) is 0 Å². The number of hydrogen-bond acceptors (Lipinski definition) is 7. The number of rotatable bonds is 6. The topological polar surface area (TPSA) is 90.9 Å². The zero-order valence-corrected chi connectivity index (χ0v) is 13.4. The summed E-state index contributed by atoms with van der Waals surface area (Å²) >= 11 is 1.49. The van der Waals surface area contributed by atoms with Crippen LogP contribution in [0.25, 0.3) is 0 Å². The molecule has 1 amide bonds. The zero-order valence-electron chi connectivity index (χ0n) is 12.6. The summed E-state index contributed by atoms with van der Waals surface area (Å²) in [5, 5.41) is 2.75. The quantitative estimate of drug-likeness (QED) is 0.711. The van der Waals surface area contributed by atoms with Gasteiger partial charge < -0.3 is 19.5 Å². The van der Waals surface area contributed by atoms with Crippen LogP contribution in [0, 0.1) is 0 Å². The third kappa shape index (κ3) is 5.55. The van der Waals surface area contributed by atoms with Gasteiger partial charge in [-0.25, -0.2) is 0 Å². The molecule has 1 saturated heterocycles. The molecule has 1 N–H and O–H groups in total. The Hall–Kier alpha value is -1.28. The summed E-state index contributed by atoms with van der Waals surface area (Å²) in [6.45, 7) is 5.90. The van der Waals surface area contributed by atoms with Gasteiger partial charge in [0.2, 0.25) is 5.91 Å². The first-order chi connectivity index (χ1) is 9.85. The second-order valence-electron chi connectivity index (χ2n) is 4.60. The summed E-state index contributed by atoms with van der Waals surface area (Å²) in [7, 11) is 0. The fourth-order valence-corrected chi connectivity index (χ4v) is 3.07. The molecule has 0 unspecified atom stereocenters. The van der Waals surface area contributed by atoms with E-state index < -0.39 is 30.2 Å². The van der Waals surface area contributed by atoms with Crippen LogP contribution in [0.5, 0.6) is 0 Å². The summed E-state index contributed by atoms with van der Waals surface area (Å²) < 4.78 is 16.0. The maximum atomic E-state index is 11.4. The van der Waals surface area contributed by atoms with Gasteiger partial charge in [0, 0.05) is 20.8 Å². The number of esters is 2. The van der Waals surface area contributed by atoms with Gasteiger partial charge in [-0.15, -0.1) is 11.8 Å². The van der Waals surface area contributed by atoms with Crippen LogP contribution in [0.2, 0.25) is 0 Å². The Morgan fingerprint density at radius 1 is 1.19 bits per heavy atom. The number of carbonyl (C=O) groups is 3. The maximum Gasteiger partial charge on any atom is 0.303 e. The normalized spacial score (nSPS) is 28.0. The molecule has 1 aliphatic heterocycles. The van der Waals surface area contributed by atoms with Crippen LogP contribution in [-0.4, -0.2) is 53.9 Å². The second kappa shape index (κ2) is 8.23. The number of amides is 1. The molecule has 8 heteroatoms. The first-order valence-electron chi connectivity index (χ1n) is 6.69. The third-order valence-electron chi connectivity index (χ3n) is 2.78. The van der Waals surface area contributed by atoms with E-state index in [0.29, 0.717) is 0 Å². The van der Waals surface area contributed by atoms with E-state index in [9.17, 15) is 14.4 Å². The van der Waals surface area contributed by atoms with E-state index in [1.54, 1.807) is 0 Å². The van der Waals surface area contributed by atoms with Crippen LogP contribution in [0.4, 0.5) is 0 Å². The largest absolute Gasteiger partial charge is 0.463 e. The minimum atomic E-state index is -0.685. The van der Waals surface area contributed by atoms with Crippen LogP contribution >= 0.6 is 11.8 Å². The number of thioether (sulfide) groups is 1. The Kier molecular flexibility index (Phi) is 6.97. The molecule has 0 aromatic heterocycles. The molecule has 1 rings (SSSR count). The Bertz CT molecular complexity index is 402. The van der Waals surface area contributed by atoms with Crippen LogP contribution in [0.15, 0.2) is 0 Å². The molecule has 1 fully saturated rings. The van der Waals surface area contributed by atoms with E-state index in [1.165, 1.54) is 32.5 Å². The van der Waals surface area contributed by atoms with Crippen LogP contribution < -0.4 is 5.32 Å². The molecule has 0 aromatic rings. The van der Waals surface area contributed by atoms with E-state index in [0.717, 1.165) is 5.75 Å². The molecule has 0 aromatic carbocycles. The van der Waals surface area contributed by atoms with Crippen molar-refractivity contribution in [1.29, 1.82) is 0 Å². The van der Waals surface area contributed by atoms with Crippen molar-refractivity contribution >= 4 is 29.6 Å². The van der Waals surface area contributed by atoms with Gasteiger partial charge in [0.25, 0.3) is 0 Å². The van der Waals surface area contributed by atoms with Gasteiger partial charge in [-0.2, -0.15) is 0 Å². The third-order valence-corrected chi connectivity index (χ3v) is 3.84. The Morgan fingerprint density at radius 2 is 1.86 bits per heavy atom. The van der Waals surface area contributed by atoms with Crippen LogP contribution in [-0.2, 0) is 28.6 Å². The number of nitrogens with one attached hydrogen (secondary N) is 1. The van der Waals surface area contributed by atoms with Crippen LogP contribution in [0.1, 0.15) is 27.7 Å². The van der Waals surface area contributed by atoms with Gasteiger partial charge in [0.05, 0.1) is 0 Å². The first kappa shape index (κ1) is 17.8. The van der Waals surface area contributed by atoms with Crippen molar-refractivity contribution in [3.05, 3.63) is 0 Å². The summed E-state index contributed by atoms with van der Waals surface area (Å²) in [6.07, 6.45) is -1.28. The molecule has 7 nitrogen and oxygen atoms in total. The molecule has 1 heterocycles. The Morgan fingerprint density at radius 3 is 2.33 bits per heavy atom. The van der Waals surface area contributed by atoms with E-state index in [4.69, 9.17) is 14.2 Å². The first-order valence-corrected chi connectivity index (χ1v) is 7.74. The molecule has 1 aliphatic rings. The molecule has 0 spiro atoms. The number of hydrogen-bond donors (Lipinski definition) is 1. The monoisotopic (exact) mass is 319 g/mol. The molecule has 0 saturated carbocycles. The van der Waals surface area contributed by atoms with Crippen LogP contribution in [0.3, 0.4) is 0 Å². The smallest absolute Gasteiger partial charge is 0.303 e. The van der Waals surface area contributed by atoms with Gasteiger partial charge in [-0.1, -0.05) is 6.92 Å². The lowest BCUT2D eigenvalue weighted by molar-refractivity contribution is -0.155. The Balaban J connectivity index is 2.87. The van der Waals surface area contributed by atoms with Gasteiger partial charge in [0.15, 0.2) is 6.10 Å². The number of ether oxygens (including phenoxy) is 3. The molecule has 4 atom stereocenters. The predicted molar refractivity (Wildman–Crippen MR) is 76.6 cm³/mol. The van der Waals surface area contributed by atoms with Gasteiger partial charge >= 0.3 is 11.9 Å². The number of carbonyl (C=O) groups excluding carboxylic acids is 3. The van der Waals surface area contributed by atoms with Crippen molar-refractivity contribution in [3.8, 4) is 0 Å². The van der Waals surface area contributed by atoms with Crippen molar-refractivity contribution in [2.24, 2.45) is 0 Å². The van der Waals surface area contributed by atoms with Crippen molar-refractivity contribution in [1.82, 2.24) is 5.32 Å². The summed E-state index contributed by atoms with van der Waals surface area (Å²) in [4.78, 5) is 33.6. The second-order valence-corrected chi connectivity index (χ2v) is 5.98. The molecular formula is C13H21NO6S. The van der Waals surface area contributed by atoms with E-state index in [2.05, 4.69) is 5.32 Å². The Labute approximate surface area is 128 Å². The molecule has 0 radical (unpaired) electrons. The standard InChI is InChI=1S/C13H21NO6S/c1-5-21-13-11(14-7(2)15)12(19-9(4)17)10(20-13)6-18-8(3)16/h10-13H,5-6H2,1-4H3,(H,14,15)/t10-,11-,12+,13+/m0/s1. The minimum Gasteiger partial charge on any atom is -0.463 e. The fourth-order valence-electron chi connectivity index (χ4n) is 2.09. The van der Waals surface area contributed by atoms with Crippen molar-refractivity contribution in [2.45, 2.75) is 51.4 Å². The van der Waals surface area contributed by atoms with Gasteiger partial charge in [-0.05, 0) is 5.75 Å². The predicted octanol–water partition coefficient (Wildman–Crippen LogP) is 0.464. The lowest BCUT2D eigenvalue weighted by Gasteiger charge is -2.23. The molecule has 0 bridgehead atoms. The average Bonchev–Trinajstić information content (AvgIpc) is 2.65. The molecule has 21 heavy (non-hydrogen) atoms. The summed E-state index contributed by atoms with van der Waals surface area (Å²) in [6, 6.07) is -0.475. The van der Waals surface area contributed by atoms with E-state index >= 15 is 0 Å². The molecule has 120 valence electrons. The minimum absolute atomic E-state index is 0.0237. The SMILES string of the molecule is CCS[C@H]1O[C@@H](COC(C)=O)[C@@H](OC(C)=O)[C@@H]1NC(C)=O. The highest BCUT2D eigenvalue weighted by molar-refractivity contribution is 7.99. The van der Waals surface area contributed by atoms with Crippen molar-refractivity contribution < 1.29 is 28.6 Å². The van der Waals surface area contributed by atoms with E-state index in [-0.39, 0.29) is 18.0 Å². The highest BCUT2D eigenvalue weighted by Gasteiger charge is 2.47. The average molecular weight is 319 g/mol. The molecular weight excluding hydrogens is 298 g/mol. The van der Waals surface area contributed by atoms with Gasteiger partial charge in [0.1, 0.15) is 24.2 Å². The zero-order chi connectivity index (χ0) is 16.0. The van der Waals surface area contributed by atoms with Crippen molar-refractivity contribution in [2.75, 3.05) is 12.4 Å². The lowest BCUT2D eigenvalue weighted by atomic mass is 10.1. The van der Waals surface area contributed by atoms with Gasteiger partial charge in [-0.3, -0.25) is 14.4 Å². The highest BCUT2D eigenvalue weighted by atomic mass is 32.2. The highest BCUT2D eigenvalue weighted by Crippen LogP contribution is 2.31. The van der Waals surface area contributed by atoms with E-state index in [1.807, 2.05) is 6.92 Å².